The van der Waals surface area contributed by atoms with Crippen LogP contribution in [0.1, 0.15) is 39.0 Å². The highest BCUT2D eigenvalue weighted by Gasteiger charge is 2.31. The summed E-state index contributed by atoms with van der Waals surface area (Å²) >= 11 is 0. The standard InChI is InChI=1S/C12H21N3O4/c1-2-3-7-13-11(17)15-8-5-4-6-9(10(15)16)14-12(18)19/h9,14H,2-8H2,1H3,(H,13,17)(H,18,19)/t9-/m0/s1. The van der Waals surface area contributed by atoms with E-state index in [1.165, 1.54) is 0 Å². The molecule has 108 valence electrons. The number of carboxylic acid groups (broad SMARTS) is 1. The van der Waals surface area contributed by atoms with E-state index < -0.39 is 24.1 Å². The molecule has 0 aromatic rings. The first-order valence-electron chi connectivity index (χ1n) is 6.65. The van der Waals surface area contributed by atoms with Gasteiger partial charge < -0.3 is 15.7 Å². The number of urea groups is 1. The van der Waals surface area contributed by atoms with E-state index in [-0.39, 0.29) is 0 Å². The minimum absolute atomic E-state index is 0.342. The van der Waals surface area contributed by atoms with Crippen LogP contribution in [-0.2, 0) is 4.79 Å². The van der Waals surface area contributed by atoms with Crippen molar-refractivity contribution in [2.75, 3.05) is 13.1 Å². The van der Waals surface area contributed by atoms with Crippen molar-refractivity contribution in [3.8, 4) is 0 Å². The lowest BCUT2D eigenvalue weighted by atomic mass is 10.1. The summed E-state index contributed by atoms with van der Waals surface area (Å²) in [4.78, 5) is 35.7. The summed E-state index contributed by atoms with van der Waals surface area (Å²) in [6, 6.07) is -1.26. The fourth-order valence-electron chi connectivity index (χ4n) is 1.99. The van der Waals surface area contributed by atoms with Crippen LogP contribution in [0, 0.1) is 0 Å². The van der Waals surface area contributed by atoms with E-state index in [9.17, 15) is 14.4 Å². The maximum absolute atomic E-state index is 12.1. The molecular weight excluding hydrogens is 250 g/mol. The first kappa shape index (κ1) is 15.3. The van der Waals surface area contributed by atoms with Crippen LogP contribution in [0.2, 0.25) is 0 Å². The van der Waals surface area contributed by atoms with Crippen molar-refractivity contribution in [2.24, 2.45) is 0 Å². The maximum Gasteiger partial charge on any atom is 0.405 e. The van der Waals surface area contributed by atoms with Crippen LogP contribution in [0.4, 0.5) is 9.59 Å². The van der Waals surface area contributed by atoms with Crippen LogP contribution in [-0.4, -0.2) is 47.2 Å². The molecule has 19 heavy (non-hydrogen) atoms. The number of unbranched alkanes of at least 4 members (excludes halogenated alkanes) is 1. The normalized spacial score (nSPS) is 19.7. The van der Waals surface area contributed by atoms with Gasteiger partial charge in [0.2, 0.25) is 0 Å². The zero-order chi connectivity index (χ0) is 14.3. The number of nitrogens with zero attached hydrogens (tertiary/aromatic N) is 1. The van der Waals surface area contributed by atoms with Crippen molar-refractivity contribution in [1.82, 2.24) is 15.5 Å². The van der Waals surface area contributed by atoms with Crippen molar-refractivity contribution in [3.63, 3.8) is 0 Å². The third-order valence-corrected chi connectivity index (χ3v) is 3.04. The largest absolute Gasteiger partial charge is 0.465 e. The van der Waals surface area contributed by atoms with Crippen LogP contribution in [0.5, 0.6) is 0 Å². The molecule has 1 rings (SSSR count). The molecule has 0 aromatic carbocycles. The van der Waals surface area contributed by atoms with Crippen LogP contribution >= 0.6 is 0 Å². The number of hydrogen-bond acceptors (Lipinski definition) is 3. The third kappa shape index (κ3) is 4.76. The molecule has 1 aliphatic heterocycles. The lowest BCUT2D eigenvalue weighted by molar-refractivity contribution is -0.129. The van der Waals surface area contributed by atoms with Gasteiger partial charge in [0.05, 0.1) is 0 Å². The van der Waals surface area contributed by atoms with E-state index in [0.717, 1.165) is 24.2 Å². The highest BCUT2D eigenvalue weighted by Crippen LogP contribution is 2.12. The Kier molecular flexibility index (Phi) is 6.11. The fraction of sp³-hybridized carbons (Fsp3) is 0.750. The van der Waals surface area contributed by atoms with Crippen molar-refractivity contribution in [2.45, 2.75) is 45.1 Å². The Bertz CT molecular complexity index is 346. The summed E-state index contributed by atoms with van der Waals surface area (Å²) < 4.78 is 0. The number of likely N-dealkylation sites (tertiary alicyclic amines) is 1. The quantitative estimate of drug-likeness (QED) is 0.668. The molecule has 0 aromatic heterocycles. The van der Waals surface area contributed by atoms with Crippen molar-refractivity contribution in [1.29, 1.82) is 0 Å². The first-order valence-corrected chi connectivity index (χ1v) is 6.65. The summed E-state index contributed by atoms with van der Waals surface area (Å²) in [6.45, 7) is 2.88. The van der Waals surface area contributed by atoms with E-state index in [1.807, 2.05) is 6.92 Å². The number of carbonyl (C=O) groups excluding carboxylic acids is 2. The van der Waals surface area contributed by atoms with Crippen LogP contribution < -0.4 is 10.6 Å². The average molecular weight is 271 g/mol. The van der Waals surface area contributed by atoms with Crippen molar-refractivity contribution >= 4 is 18.0 Å². The topological polar surface area (TPSA) is 98.7 Å². The SMILES string of the molecule is CCCCNC(=O)N1CCCC[C@H](NC(=O)O)C1=O. The minimum atomic E-state index is -1.24. The molecule has 0 spiro atoms. The van der Waals surface area contributed by atoms with Gasteiger partial charge in [0, 0.05) is 13.1 Å². The molecule has 0 bridgehead atoms. The number of rotatable bonds is 4. The third-order valence-electron chi connectivity index (χ3n) is 3.04. The molecule has 1 fully saturated rings. The van der Waals surface area contributed by atoms with E-state index in [1.54, 1.807) is 0 Å². The second-order valence-electron chi connectivity index (χ2n) is 4.57. The highest BCUT2D eigenvalue weighted by molar-refractivity contribution is 5.98. The summed E-state index contributed by atoms with van der Waals surface area (Å²) in [5.41, 5.74) is 0. The van der Waals surface area contributed by atoms with Gasteiger partial charge >= 0.3 is 12.1 Å². The zero-order valence-electron chi connectivity index (χ0n) is 11.1. The summed E-state index contributed by atoms with van der Waals surface area (Å²) in [5.74, 6) is -0.464. The molecular formula is C12H21N3O4. The lowest BCUT2D eigenvalue weighted by Gasteiger charge is -2.22. The zero-order valence-corrected chi connectivity index (χ0v) is 11.1. The number of amides is 4. The Morgan fingerprint density at radius 1 is 1.42 bits per heavy atom. The highest BCUT2D eigenvalue weighted by atomic mass is 16.4. The molecule has 3 N–H and O–H groups in total. The van der Waals surface area contributed by atoms with Gasteiger partial charge in [-0.3, -0.25) is 9.69 Å². The Labute approximate surface area is 112 Å². The van der Waals surface area contributed by atoms with Gasteiger partial charge in [-0.15, -0.1) is 0 Å². The lowest BCUT2D eigenvalue weighted by Crippen LogP contribution is -2.52. The Morgan fingerprint density at radius 3 is 2.79 bits per heavy atom. The molecule has 7 heteroatoms. The molecule has 0 saturated carbocycles. The number of carbonyl (C=O) groups is 3. The first-order chi connectivity index (χ1) is 9.06. The maximum atomic E-state index is 12.1. The van der Waals surface area contributed by atoms with E-state index in [2.05, 4.69) is 10.6 Å². The van der Waals surface area contributed by atoms with Gasteiger partial charge in [-0.05, 0) is 25.7 Å². The van der Waals surface area contributed by atoms with E-state index in [0.29, 0.717) is 25.9 Å². The van der Waals surface area contributed by atoms with Gasteiger partial charge in [0.1, 0.15) is 6.04 Å². The Hall–Kier alpha value is -1.79. The predicted molar refractivity (Wildman–Crippen MR) is 68.8 cm³/mol. The molecule has 4 amide bonds. The molecule has 0 aliphatic carbocycles. The van der Waals surface area contributed by atoms with Crippen molar-refractivity contribution < 1.29 is 19.5 Å². The van der Waals surface area contributed by atoms with Gasteiger partial charge in [-0.2, -0.15) is 0 Å². The van der Waals surface area contributed by atoms with Gasteiger partial charge in [-0.1, -0.05) is 13.3 Å². The van der Waals surface area contributed by atoms with Gasteiger partial charge in [0.25, 0.3) is 5.91 Å². The van der Waals surface area contributed by atoms with Crippen molar-refractivity contribution in [3.05, 3.63) is 0 Å². The predicted octanol–water partition coefficient (Wildman–Crippen LogP) is 1.14. The van der Waals surface area contributed by atoms with Gasteiger partial charge in [-0.25, -0.2) is 9.59 Å². The average Bonchev–Trinajstić information content (AvgIpc) is 2.52. The van der Waals surface area contributed by atoms with E-state index >= 15 is 0 Å². The van der Waals surface area contributed by atoms with Crippen LogP contribution in [0.15, 0.2) is 0 Å². The smallest absolute Gasteiger partial charge is 0.405 e. The molecule has 7 nitrogen and oxygen atoms in total. The minimum Gasteiger partial charge on any atom is -0.465 e. The summed E-state index contributed by atoms with van der Waals surface area (Å²) in [7, 11) is 0. The fourth-order valence-corrected chi connectivity index (χ4v) is 1.99. The van der Waals surface area contributed by atoms with E-state index in [4.69, 9.17) is 5.11 Å². The molecule has 1 aliphatic rings. The molecule has 0 radical (unpaired) electrons. The van der Waals surface area contributed by atoms with Crippen LogP contribution in [0.25, 0.3) is 0 Å². The number of imide groups is 1. The Morgan fingerprint density at radius 2 is 2.16 bits per heavy atom. The second-order valence-corrected chi connectivity index (χ2v) is 4.57. The Balaban J connectivity index is 2.61. The van der Waals surface area contributed by atoms with Gasteiger partial charge in [0.15, 0.2) is 0 Å². The molecule has 1 atom stereocenters. The summed E-state index contributed by atoms with van der Waals surface area (Å²) in [6.07, 6.45) is 2.41. The summed E-state index contributed by atoms with van der Waals surface area (Å²) in [5, 5.41) is 13.5. The molecule has 0 unspecified atom stereocenters. The monoisotopic (exact) mass is 271 g/mol. The molecule has 1 heterocycles. The second kappa shape index (κ2) is 7.60. The molecule has 1 saturated heterocycles. The van der Waals surface area contributed by atoms with Crippen LogP contribution in [0.3, 0.4) is 0 Å². The number of hydrogen-bond donors (Lipinski definition) is 3. The number of nitrogens with one attached hydrogen (secondary N) is 2.